The van der Waals surface area contributed by atoms with Crippen LogP contribution in [-0.4, -0.2) is 31.2 Å². The molecule has 0 radical (unpaired) electrons. The van der Waals surface area contributed by atoms with Gasteiger partial charge in [0.25, 0.3) is 11.8 Å². The Hall–Kier alpha value is -3.94. The van der Waals surface area contributed by atoms with Crippen LogP contribution in [0.15, 0.2) is 69.1 Å². The van der Waals surface area contributed by atoms with Gasteiger partial charge in [0.05, 0.1) is 30.3 Å². The first-order chi connectivity index (χ1) is 14.6. The van der Waals surface area contributed by atoms with E-state index in [-0.39, 0.29) is 17.5 Å². The fourth-order valence-corrected chi connectivity index (χ4v) is 2.58. The smallest absolute Gasteiger partial charge is 0.259 e. The summed E-state index contributed by atoms with van der Waals surface area (Å²) in [7, 11) is 0. The van der Waals surface area contributed by atoms with Crippen LogP contribution in [0.5, 0.6) is 5.75 Å². The predicted octanol–water partition coefficient (Wildman–Crippen LogP) is 2.46. The molecule has 0 unspecified atom stereocenters. The van der Waals surface area contributed by atoms with E-state index in [1.165, 1.54) is 12.5 Å². The standard InChI is InChI=1S/C22H21N3O5/c1-2-11-29-17-9-7-15(8-10-17)22(28)23-13-20(26)25-24-12-16-14-30-19-6-4-3-5-18(19)21(16)27/h3-10,12,14H,2,11,13H2,1H3,(H,23,28)(H,25,26). The lowest BCUT2D eigenvalue weighted by Gasteiger charge is -2.07. The third kappa shape index (κ3) is 5.32. The summed E-state index contributed by atoms with van der Waals surface area (Å²) < 4.78 is 10.8. The molecule has 3 rings (SSSR count). The molecule has 2 N–H and O–H groups in total. The highest BCUT2D eigenvalue weighted by Gasteiger charge is 2.08. The molecule has 0 spiro atoms. The summed E-state index contributed by atoms with van der Waals surface area (Å²) in [6.07, 6.45) is 3.37. The fourth-order valence-electron chi connectivity index (χ4n) is 2.58. The minimum Gasteiger partial charge on any atom is -0.494 e. The summed E-state index contributed by atoms with van der Waals surface area (Å²) in [6.45, 7) is 2.34. The zero-order chi connectivity index (χ0) is 21.3. The number of nitrogens with zero attached hydrogens (tertiary/aromatic N) is 1. The first-order valence-electron chi connectivity index (χ1n) is 9.42. The van der Waals surface area contributed by atoms with Gasteiger partial charge in [0.1, 0.15) is 17.6 Å². The molecule has 8 nitrogen and oxygen atoms in total. The van der Waals surface area contributed by atoms with Crippen molar-refractivity contribution >= 4 is 29.0 Å². The van der Waals surface area contributed by atoms with Gasteiger partial charge < -0.3 is 14.5 Å². The van der Waals surface area contributed by atoms with Gasteiger partial charge in [-0.25, -0.2) is 5.43 Å². The van der Waals surface area contributed by atoms with Gasteiger partial charge in [0.2, 0.25) is 5.43 Å². The van der Waals surface area contributed by atoms with Crippen molar-refractivity contribution < 1.29 is 18.7 Å². The molecule has 0 atom stereocenters. The average Bonchev–Trinajstić information content (AvgIpc) is 2.78. The number of carbonyl (C=O) groups excluding carboxylic acids is 2. The normalized spacial score (nSPS) is 10.8. The summed E-state index contributed by atoms with van der Waals surface area (Å²) in [5.41, 5.74) is 3.08. The van der Waals surface area contributed by atoms with Crippen molar-refractivity contribution in [2.75, 3.05) is 13.2 Å². The summed E-state index contributed by atoms with van der Waals surface area (Å²) in [6, 6.07) is 13.5. The number of para-hydroxylation sites is 1. The van der Waals surface area contributed by atoms with Crippen LogP contribution in [-0.2, 0) is 4.79 Å². The number of ether oxygens (including phenoxy) is 1. The molecular formula is C22H21N3O5. The quantitative estimate of drug-likeness (QED) is 0.440. The molecule has 0 bridgehead atoms. The first-order valence-corrected chi connectivity index (χ1v) is 9.42. The molecule has 0 aliphatic carbocycles. The van der Waals surface area contributed by atoms with Gasteiger partial charge >= 0.3 is 0 Å². The molecule has 1 heterocycles. The molecule has 8 heteroatoms. The van der Waals surface area contributed by atoms with E-state index in [0.717, 1.165) is 6.42 Å². The molecule has 0 saturated heterocycles. The highest BCUT2D eigenvalue weighted by Crippen LogP contribution is 2.12. The van der Waals surface area contributed by atoms with Crippen molar-refractivity contribution in [1.29, 1.82) is 0 Å². The zero-order valence-corrected chi connectivity index (χ0v) is 16.4. The molecule has 0 aliphatic heterocycles. The molecule has 0 saturated carbocycles. The van der Waals surface area contributed by atoms with Crippen LogP contribution >= 0.6 is 0 Å². The Bertz CT molecular complexity index is 1120. The second-order valence-corrected chi connectivity index (χ2v) is 6.37. The second-order valence-electron chi connectivity index (χ2n) is 6.37. The minimum atomic E-state index is -0.535. The van der Waals surface area contributed by atoms with E-state index in [2.05, 4.69) is 15.8 Å². The molecule has 0 fully saturated rings. The topological polar surface area (TPSA) is 110 Å². The van der Waals surface area contributed by atoms with Crippen LogP contribution in [0.25, 0.3) is 11.0 Å². The lowest BCUT2D eigenvalue weighted by molar-refractivity contribution is -0.120. The predicted molar refractivity (Wildman–Crippen MR) is 113 cm³/mol. The van der Waals surface area contributed by atoms with Crippen LogP contribution in [0.2, 0.25) is 0 Å². The Balaban J connectivity index is 1.50. The molecule has 1 aromatic heterocycles. The Labute approximate surface area is 172 Å². The maximum Gasteiger partial charge on any atom is 0.259 e. The minimum absolute atomic E-state index is 0.198. The Morgan fingerprint density at radius 2 is 1.90 bits per heavy atom. The van der Waals surface area contributed by atoms with E-state index in [0.29, 0.717) is 28.9 Å². The lowest BCUT2D eigenvalue weighted by Crippen LogP contribution is -2.35. The zero-order valence-electron chi connectivity index (χ0n) is 16.4. The Morgan fingerprint density at radius 3 is 2.67 bits per heavy atom. The summed E-state index contributed by atoms with van der Waals surface area (Å²) in [5, 5.41) is 6.67. The number of benzene rings is 2. The maximum atomic E-state index is 12.3. The summed E-state index contributed by atoms with van der Waals surface area (Å²) >= 11 is 0. The Kier molecular flexibility index (Phi) is 6.94. The number of rotatable bonds is 8. The van der Waals surface area contributed by atoms with E-state index in [4.69, 9.17) is 9.15 Å². The van der Waals surface area contributed by atoms with E-state index in [9.17, 15) is 14.4 Å². The van der Waals surface area contributed by atoms with E-state index >= 15 is 0 Å². The van der Waals surface area contributed by atoms with Crippen molar-refractivity contribution in [3.63, 3.8) is 0 Å². The Morgan fingerprint density at radius 1 is 1.13 bits per heavy atom. The van der Waals surface area contributed by atoms with Gasteiger partial charge in [0, 0.05) is 5.56 Å². The molecule has 154 valence electrons. The number of carbonyl (C=O) groups is 2. The number of hydrogen-bond acceptors (Lipinski definition) is 6. The van der Waals surface area contributed by atoms with E-state index in [1.807, 2.05) is 6.92 Å². The van der Waals surface area contributed by atoms with Crippen LogP contribution in [0.1, 0.15) is 29.3 Å². The van der Waals surface area contributed by atoms with Crippen molar-refractivity contribution in [3.05, 3.63) is 76.1 Å². The molecular weight excluding hydrogens is 386 g/mol. The average molecular weight is 407 g/mol. The van der Waals surface area contributed by atoms with Gasteiger partial charge in [-0.2, -0.15) is 5.10 Å². The lowest BCUT2D eigenvalue weighted by atomic mass is 10.2. The van der Waals surface area contributed by atoms with E-state index in [1.54, 1.807) is 48.5 Å². The number of nitrogens with one attached hydrogen (secondary N) is 2. The fraction of sp³-hybridized carbons (Fsp3) is 0.182. The molecule has 0 aliphatic rings. The van der Waals surface area contributed by atoms with Gasteiger partial charge in [-0.15, -0.1) is 0 Å². The van der Waals surface area contributed by atoms with Crippen LogP contribution < -0.4 is 20.9 Å². The van der Waals surface area contributed by atoms with E-state index < -0.39 is 11.8 Å². The molecule has 2 amide bonds. The highest BCUT2D eigenvalue weighted by molar-refractivity contribution is 5.96. The van der Waals surface area contributed by atoms with Crippen LogP contribution in [0.3, 0.4) is 0 Å². The summed E-state index contributed by atoms with van der Waals surface area (Å²) in [5.74, 6) is -0.252. The highest BCUT2D eigenvalue weighted by atomic mass is 16.5. The van der Waals surface area contributed by atoms with Crippen molar-refractivity contribution in [2.24, 2.45) is 5.10 Å². The van der Waals surface area contributed by atoms with Crippen molar-refractivity contribution in [2.45, 2.75) is 13.3 Å². The largest absolute Gasteiger partial charge is 0.494 e. The van der Waals surface area contributed by atoms with Crippen LogP contribution in [0.4, 0.5) is 0 Å². The van der Waals surface area contributed by atoms with Crippen molar-refractivity contribution in [1.82, 2.24) is 10.7 Å². The van der Waals surface area contributed by atoms with Gasteiger partial charge in [-0.1, -0.05) is 19.1 Å². The first kappa shape index (κ1) is 20.8. The number of amides is 2. The monoisotopic (exact) mass is 407 g/mol. The maximum absolute atomic E-state index is 12.3. The number of hydrogen-bond donors (Lipinski definition) is 2. The molecule has 3 aromatic rings. The SMILES string of the molecule is CCCOc1ccc(C(=O)NCC(=O)NN=Cc2coc3ccccc3c2=O)cc1. The third-order valence-electron chi connectivity index (χ3n) is 4.10. The second kappa shape index (κ2) is 10.0. The molecule has 2 aromatic carbocycles. The number of hydrazone groups is 1. The third-order valence-corrected chi connectivity index (χ3v) is 4.10. The van der Waals surface area contributed by atoms with Gasteiger partial charge in [-0.05, 0) is 42.8 Å². The molecule has 30 heavy (non-hydrogen) atoms. The van der Waals surface area contributed by atoms with Gasteiger partial charge in [0.15, 0.2) is 0 Å². The van der Waals surface area contributed by atoms with Gasteiger partial charge in [-0.3, -0.25) is 14.4 Å². The van der Waals surface area contributed by atoms with Crippen molar-refractivity contribution in [3.8, 4) is 5.75 Å². The summed E-state index contributed by atoms with van der Waals surface area (Å²) in [4.78, 5) is 36.3. The van der Waals surface area contributed by atoms with Crippen LogP contribution in [0, 0.1) is 0 Å². The number of fused-ring (bicyclic) bond motifs is 1.